The predicted molar refractivity (Wildman–Crippen MR) is 91.2 cm³/mol. The molecular formula is C18H22N4. The molecule has 1 saturated heterocycles. The largest absolute Gasteiger partial charge is 0.357 e. The van der Waals surface area contributed by atoms with E-state index in [2.05, 4.69) is 46.6 Å². The van der Waals surface area contributed by atoms with E-state index in [1.807, 2.05) is 12.4 Å². The van der Waals surface area contributed by atoms with Crippen molar-refractivity contribution in [3.05, 3.63) is 30.6 Å². The number of anilines is 1. The van der Waals surface area contributed by atoms with Gasteiger partial charge in [-0.25, -0.2) is 4.98 Å². The number of pyridine rings is 2. The maximum absolute atomic E-state index is 4.95. The molecule has 0 aliphatic carbocycles. The molecule has 22 heavy (non-hydrogen) atoms. The van der Waals surface area contributed by atoms with Gasteiger partial charge in [0.25, 0.3) is 0 Å². The van der Waals surface area contributed by atoms with Crippen molar-refractivity contribution in [1.82, 2.24) is 14.5 Å². The van der Waals surface area contributed by atoms with Crippen molar-refractivity contribution in [1.29, 1.82) is 0 Å². The third-order valence-electron chi connectivity index (χ3n) is 5.14. The van der Waals surface area contributed by atoms with Gasteiger partial charge in [-0.3, -0.25) is 4.98 Å². The molecule has 0 aromatic carbocycles. The number of hydrogen-bond acceptors (Lipinski definition) is 3. The Morgan fingerprint density at radius 1 is 1.14 bits per heavy atom. The third kappa shape index (κ3) is 2.05. The van der Waals surface area contributed by atoms with Crippen molar-refractivity contribution in [2.24, 2.45) is 13.0 Å². The van der Waals surface area contributed by atoms with Gasteiger partial charge in [0.1, 0.15) is 11.5 Å². The van der Waals surface area contributed by atoms with Crippen LogP contribution in [0.1, 0.15) is 26.2 Å². The summed E-state index contributed by atoms with van der Waals surface area (Å²) >= 11 is 0. The molecule has 0 saturated carbocycles. The topological polar surface area (TPSA) is 34.0 Å². The molecular weight excluding hydrogens is 272 g/mol. The van der Waals surface area contributed by atoms with Crippen molar-refractivity contribution in [3.63, 3.8) is 0 Å². The fourth-order valence-corrected chi connectivity index (χ4v) is 3.65. The number of aromatic nitrogens is 3. The van der Waals surface area contributed by atoms with Gasteiger partial charge in [-0.1, -0.05) is 13.3 Å². The average Bonchev–Trinajstić information content (AvgIpc) is 2.88. The SMILES string of the molecule is CCC1CCN(c2ccc3c4cnccc4n(C)c3n2)CC1. The summed E-state index contributed by atoms with van der Waals surface area (Å²) < 4.78 is 2.18. The van der Waals surface area contributed by atoms with Gasteiger partial charge in [0.05, 0.1) is 5.52 Å². The van der Waals surface area contributed by atoms with Gasteiger partial charge in [0.2, 0.25) is 0 Å². The molecule has 0 atom stereocenters. The first kappa shape index (κ1) is 13.6. The molecule has 0 bridgehead atoms. The summed E-state index contributed by atoms with van der Waals surface area (Å²) in [6.07, 6.45) is 7.66. The normalized spacial score (nSPS) is 16.7. The smallest absolute Gasteiger partial charge is 0.143 e. The number of hydrogen-bond donors (Lipinski definition) is 0. The second-order valence-electron chi connectivity index (χ2n) is 6.33. The van der Waals surface area contributed by atoms with Crippen LogP contribution in [0.5, 0.6) is 0 Å². The summed E-state index contributed by atoms with van der Waals surface area (Å²) in [6.45, 7) is 4.55. The molecule has 0 radical (unpaired) electrons. The van der Waals surface area contributed by atoms with E-state index < -0.39 is 0 Å². The van der Waals surface area contributed by atoms with E-state index in [4.69, 9.17) is 4.98 Å². The first-order chi connectivity index (χ1) is 10.8. The van der Waals surface area contributed by atoms with Crippen molar-refractivity contribution in [3.8, 4) is 0 Å². The summed E-state index contributed by atoms with van der Waals surface area (Å²) in [5, 5.41) is 2.38. The molecule has 0 spiro atoms. The van der Waals surface area contributed by atoms with Gasteiger partial charge in [0, 0.05) is 43.3 Å². The van der Waals surface area contributed by atoms with Crippen LogP contribution >= 0.6 is 0 Å². The van der Waals surface area contributed by atoms with Gasteiger partial charge in [-0.15, -0.1) is 0 Å². The van der Waals surface area contributed by atoms with Crippen LogP contribution in [0, 0.1) is 5.92 Å². The molecule has 4 heteroatoms. The number of rotatable bonds is 2. The van der Waals surface area contributed by atoms with Crippen LogP contribution in [0.15, 0.2) is 30.6 Å². The summed E-state index contributed by atoms with van der Waals surface area (Å²) in [4.78, 5) is 11.6. The van der Waals surface area contributed by atoms with Gasteiger partial charge < -0.3 is 9.47 Å². The standard InChI is InChI=1S/C18H22N4/c1-3-13-7-10-22(11-8-13)17-5-4-14-15-12-19-9-6-16(15)21(2)18(14)20-17/h4-6,9,12-13H,3,7-8,10-11H2,1-2H3. The highest BCUT2D eigenvalue weighted by Crippen LogP contribution is 2.29. The molecule has 0 N–H and O–H groups in total. The fourth-order valence-electron chi connectivity index (χ4n) is 3.65. The van der Waals surface area contributed by atoms with Crippen LogP contribution in [0.25, 0.3) is 21.9 Å². The molecule has 1 fully saturated rings. The quantitative estimate of drug-likeness (QED) is 0.722. The minimum Gasteiger partial charge on any atom is -0.357 e. The van der Waals surface area contributed by atoms with Crippen LogP contribution in [0.3, 0.4) is 0 Å². The third-order valence-corrected chi connectivity index (χ3v) is 5.14. The highest BCUT2D eigenvalue weighted by atomic mass is 15.2. The number of aryl methyl sites for hydroxylation is 1. The molecule has 0 unspecified atom stereocenters. The van der Waals surface area contributed by atoms with E-state index in [0.717, 1.165) is 30.5 Å². The van der Waals surface area contributed by atoms with E-state index in [0.29, 0.717) is 0 Å². The van der Waals surface area contributed by atoms with Crippen LogP contribution in [0.2, 0.25) is 0 Å². The maximum atomic E-state index is 4.95. The zero-order valence-corrected chi connectivity index (χ0v) is 13.3. The summed E-state index contributed by atoms with van der Waals surface area (Å²) in [7, 11) is 2.09. The van der Waals surface area contributed by atoms with Gasteiger partial charge >= 0.3 is 0 Å². The fraction of sp³-hybridized carbons (Fsp3) is 0.444. The lowest BCUT2D eigenvalue weighted by molar-refractivity contribution is 0.394. The Kier molecular flexibility index (Phi) is 3.25. The lowest BCUT2D eigenvalue weighted by Crippen LogP contribution is -2.34. The van der Waals surface area contributed by atoms with Crippen LogP contribution < -0.4 is 4.90 Å². The first-order valence-corrected chi connectivity index (χ1v) is 8.22. The minimum absolute atomic E-state index is 0.892. The van der Waals surface area contributed by atoms with E-state index in [1.54, 1.807) is 0 Å². The van der Waals surface area contributed by atoms with Crippen molar-refractivity contribution >= 4 is 27.8 Å². The molecule has 1 aliphatic rings. The molecule has 0 amide bonds. The Morgan fingerprint density at radius 2 is 1.95 bits per heavy atom. The minimum atomic E-state index is 0.892. The Hall–Kier alpha value is -2.10. The maximum Gasteiger partial charge on any atom is 0.143 e. The zero-order chi connectivity index (χ0) is 15.1. The van der Waals surface area contributed by atoms with E-state index in [-0.39, 0.29) is 0 Å². The van der Waals surface area contributed by atoms with Crippen LogP contribution in [-0.4, -0.2) is 27.6 Å². The summed E-state index contributed by atoms with van der Waals surface area (Å²) in [5.41, 5.74) is 2.25. The lowest BCUT2D eigenvalue weighted by atomic mass is 9.94. The highest BCUT2D eigenvalue weighted by molar-refractivity contribution is 6.06. The zero-order valence-electron chi connectivity index (χ0n) is 13.3. The molecule has 4 rings (SSSR count). The number of piperidine rings is 1. The van der Waals surface area contributed by atoms with Gasteiger partial charge in [-0.2, -0.15) is 0 Å². The van der Waals surface area contributed by atoms with Crippen LogP contribution in [-0.2, 0) is 7.05 Å². The predicted octanol–water partition coefficient (Wildman–Crippen LogP) is 3.75. The molecule has 3 aromatic heterocycles. The summed E-state index contributed by atoms with van der Waals surface area (Å²) in [5.74, 6) is 2.00. The van der Waals surface area contributed by atoms with Gasteiger partial charge in [0.15, 0.2) is 0 Å². The van der Waals surface area contributed by atoms with Crippen LogP contribution in [0.4, 0.5) is 5.82 Å². The second-order valence-corrected chi connectivity index (χ2v) is 6.33. The monoisotopic (exact) mass is 294 g/mol. The molecule has 114 valence electrons. The Bertz CT molecular complexity index is 812. The molecule has 1 aliphatic heterocycles. The summed E-state index contributed by atoms with van der Waals surface area (Å²) in [6, 6.07) is 6.43. The van der Waals surface area contributed by atoms with E-state index >= 15 is 0 Å². The molecule has 4 nitrogen and oxygen atoms in total. The first-order valence-electron chi connectivity index (χ1n) is 8.22. The lowest BCUT2D eigenvalue weighted by Gasteiger charge is -2.32. The number of fused-ring (bicyclic) bond motifs is 3. The number of nitrogens with zero attached hydrogens (tertiary/aromatic N) is 4. The van der Waals surface area contributed by atoms with Crippen molar-refractivity contribution < 1.29 is 0 Å². The van der Waals surface area contributed by atoms with E-state index in [9.17, 15) is 0 Å². The Labute approximate surface area is 130 Å². The Morgan fingerprint density at radius 3 is 2.73 bits per heavy atom. The van der Waals surface area contributed by atoms with Crippen molar-refractivity contribution in [2.75, 3.05) is 18.0 Å². The second kappa shape index (κ2) is 5.27. The Balaban J connectivity index is 1.75. The van der Waals surface area contributed by atoms with Gasteiger partial charge in [-0.05, 0) is 37.0 Å². The molecule has 3 aromatic rings. The highest BCUT2D eigenvalue weighted by Gasteiger charge is 2.19. The average molecular weight is 294 g/mol. The van der Waals surface area contributed by atoms with Crippen molar-refractivity contribution in [2.45, 2.75) is 26.2 Å². The molecule has 4 heterocycles. The van der Waals surface area contributed by atoms with E-state index in [1.165, 1.54) is 35.6 Å².